The van der Waals surface area contributed by atoms with Crippen molar-refractivity contribution < 1.29 is 4.79 Å². The fourth-order valence-corrected chi connectivity index (χ4v) is 1.80. The minimum atomic E-state index is -0.105. The summed E-state index contributed by atoms with van der Waals surface area (Å²) in [4.78, 5) is 15.7. The molecule has 4 heteroatoms. The number of nitrogens with zero attached hydrogens (tertiary/aromatic N) is 2. The van der Waals surface area contributed by atoms with Gasteiger partial charge in [-0.3, -0.25) is 9.69 Å². The SMILES string of the molecule is CCN1CC(C)N(C)C(=O)C1CN. The molecule has 1 saturated heterocycles. The average molecular weight is 185 g/mol. The molecule has 0 aromatic carbocycles. The molecule has 2 unspecified atom stereocenters. The Morgan fingerprint density at radius 3 is 2.69 bits per heavy atom. The summed E-state index contributed by atoms with van der Waals surface area (Å²) in [5.41, 5.74) is 5.58. The molecule has 1 aliphatic heterocycles. The number of hydrogen-bond acceptors (Lipinski definition) is 3. The Morgan fingerprint density at radius 1 is 1.62 bits per heavy atom. The molecule has 0 aromatic rings. The largest absolute Gasteiger partial charge is 0.340 e. The topological polar surface area (TPSA) is 49.6 Å². The smallest absolute Gasteiger partial charge is 0.241 e. The van der Waals surface area contributed by atoms with E-state index >= 15 is 0 Å². The summed E-state index contributed by atoms with van der Waals surface area (Å²) in [5.74, 6) is 0.156. The van der Waals surface area contributed by atoms with Crippen LogP contribution in [0.4, 0.5) is 0 Å². The second kappa shape index (κ2) is 4.07. The van der Waals surface area contributed by atoms with Crippen molar-refractivity contribution in [2.24, 2.45) is 5.73 Å². The van der Waals surface area contributed by atoms with Crippen LogP contribution in [0.25, 0.3) is 0 Å². The van der Waals surface area contributed by atoms with Crippen LogP contribution >= 0.6 is 0 Å². The fraction of sp³-hybridized carbons (Fsp3) is 0.889. The number of hydrogen-bond donors (Lipinski definition) is 1. The van der Waals surface area contributed by atoms with Crippen LogP contribution in [0.15, 0.2) is 0 Å². The Bertz CT molecular complexity index is 195. The summed E-state index contributed by atoms with van der Waals surface area (Å²) in [7, 11) is 1.85. The van der Waals surface area contributed by atoms with E-state index in [1.165, 1.54) is 0 Å². The highest BCUT2D eigenvalue weighted by molar-refractivity contribution is 5.83. The van der Waals surface area contributed by atoms with E-state index in [0.29, 0.717) is 12.6 Å². The molecule has 4 nitrogen and oxygen atoms in total. The first-order valence-electron chi connectivity index (χ1n) is 4.82. The first-order chi connectivity index (χ1) is 6.11. The lowest BCUT2D eigenvalue weighted by Crippen LogP contribution is -2.61. The number of rotatable bonds is 2. The van der Waals surface area contributed by atoms with Crippen molar-refractivity contribution in [1.82, 2.24) is 9.80 Å². The number of amides is 1. The molecule has 1 rings (SSSR count). The second-order valence-electron chi connectivity index (χ2n) is 3.64. The van der Waals surface area contributed by atoms with Gasteiger partial charge in [-0.1, -0.05) is 6.92 Å². The third kappa shape index (κ3) is 1.84. The molecule has 0 aliphatic carbocycles. The Kier molecular flexibility index (Phi) is 3.27. The first kappa shape index (κ1) is 10.5. The highest BCUT2D eigenvalue weighted by atomic mass is 16.2. The zero-order valence-corrected chi connectivity index (χ0v) is 8.66. The van der Waals surface area contributed by atoms with Gasteiger partial charge in [-0.05, 0) is 13.5 Å². The van der Waals surface area contributed by atoms with Crippen LogP contribution < -0.4 is 5.73 Å². The van der Waals surface area contributed by atoms with Crippen molar-refractivity contribution in [3.63, 3.8) is 0 Å². The Labute approximate surface area is 79.7 Å². The Morgan fingerprint density at radius 2 is 2.23 bits per heavy atom. The molecule has 0 bridgehead atoms. The molecular weight excluding hydrogens is 166 g/mol. The highest BCUT2D eigenvalue weighted by Crippen LogP contribution is 2.13. The predicted octanol–water partition coefficient (Wildman–Crippen LogP) is -0.504. The molecule has 13 heavy (non-hydrogen) atoms. The zero-order valence-electron chi connectivity index (χ0n) is 8.66. The number of carbonyl (C=O) groups excluding carboxylic acids is 1. The number of nitrogens with two attached hydrogens (primary N) is 1. The molecule has 0 aromatic heterocycles. The molecule has 0 spiro atoms. The molecule has 1 amide bonds. The average Bonchev–Trinajstić information content (AvgIpc) is 2.13. The van der Waals surface area contributed by atoms with Crippen LogP contribution in [-0.2, 0) is 4.79 Å². The van der Waals surface area contributed by atoms with Gasteiger partial charge in [0, 0.05) is 26.2 Å². The molecule has 2 atom stereocenters. The van der Waals surface area contributed by atoms with Crippen LogP contribution in [0.2, 0.25) is 0 Å². The van der Waals surface area contributed by atoms with Gasteiger partial charge in [-0.2, -0.15) is 0 Å². The summed E-state index contributed by atoms with van der Waals surface area (Å²) >= 11 is 0. The van der Waals surface area contributed by atoms with E-state index in [4.69, 9.17) is 5.73 Å². The van der Waals surface area contributed by atoms with Gasteiger partial charge in [0.15, 0.2) is 0 Å². The van der Waals surface area contributed by atoms with Crippen molar-refractivity contribution in [3.8, 4) is 0 Å². The van der Waals surface area contributed by atoms with Gasteiger partial charge in [-0.15, -0.1) is 0 Å². The third-order valence-electron chi connectivity index (χ3n) is 2.86. The molecule has 1 aliphatic rings. The molecule has 76 valence electrons. The number of likely N-dealkylation sites (N-methyl/N-ethyl adjacent to an activating group) is 2. The van der Waals surface area contributed by atoms with Crippen LogP contribution in [-0.4, -0.2) is 54.5 Å². The van der Waals surface area contributed by atoms with E-state index in [9.17, 15) is 4.79 Å². The van der Waals surface area contributed by atoms with Crippen LogP contribution in [0.3, 0.4) is 0 Å². The molecule has 0 saturated carbocycles. The van der Waals surface area contributed by atoms with E-state index in [0.717, 1.165) is 13.1 Å². The number of carbonyl (C=O) groups is 1. The normalized spacial score (nSPS) is 31.1. The van der Waals surface area contributed by atoms with Gasteiger partial charge in [-0.25, -0.2) is 0 Å². The monoisotopic (exact) mass is 185 g/mol. The summed E-state index contributed by atoms with van der Waals surface area (Å²) in [6.07, 6.45) is 0. The number of piperazine rings is 1. The maximum absolute atomic E-state index is 11.7. The lowest BCUT2D eigenvalue weighted by molar-refractivity contribution is -0.142. The van der Waals surface area contributed by atoms with Crippen molar-refractivity contribution in [2.75, 3.05) is 26.7 Å². The third-order valence-corrected chi connectivity index (χ3v) is 2.86. The van der Waals surface area contributed by atoms with Crippen molar-refractivity contribution in [3.05, 3.63) is 0 Å². The van der Waals surface area contributed by atoms with Crippen LogP contribution in [0.5, 0.6) is 0 Å². The molecule has 1 fully saturated rings. The lowest BCUT2D eigenvalue weighted by Gasteiger charge is -2.42. The molecule has 2 N–H and O–H groups in total. The molecule has 0 radical (unpaired) electrons. The van der Waals surface area contributed by atoms with Crippen LogP contribution in [0, 0.1) is 0 Å². The first-order valence-corrected chi connectivity index (χ1v) is 4.82. The standard InChI is InChI=1S/C9H19N3O/c1-4-12-6-7(2)11(3)9(13)8(12)5-10/h7-8H,4-6,10H2,1-3H3. The van der Waals surface area contributed by atoms with E-state index in [2.05, 4.69) is 18.7 Å². The quantitative estimate of drug-likeness (QED) is 0.631. The van der Waals surface area contributed by atoms with Gasteiger partial charge in [0.1, 0.15) is 6.04 Å². The molecule has 1 heterocycles. The summed E-state index contributed by atoms with van der Waals surface area (Å²) < 4.78 is 0. The minimum Gasteiger partial charge on any atom is -0.340 e. The molecular formula is C9H19N3O. The Balaban J connectivity index is 2.75. The van der Waals surface area contributed by atoms with Crippen molar-refractivity contribution in [2.45, 2.75) is 25.9 Å². The van der Waals surface area contributed by atoms with Gasteiger partial charge < -0.3 is 10.6 Å². The highest BCUT2D eigenvalue weighted by Gasteiger charge is 2.34. The van der Waals surface area contributed by atoms with E-state index in [-0.39, 0.29) is 11.9 Å². The van der Waals surface area contributed by atoms with Crippen LogP contribution in [0.1, 0.15) is 13.8 Å². The maximum atomic E-state index is 11.7. The summed E-state index contributed by atoms with van der Waals surface area (Å²) in [6, 6.07) is 0.196. The predicted molar refractivity (Wildman–Crippen MR) is 52.3 cm³/mol. The van der Waals surface area contributed by atoms with Crippen molar-refractivity contribution in [1.29, 1.82) is 0 Å². The maximum Gasteiger partial charge on any atom is 0.241 e. The van der Waals surface area contributed by atoms with E-state index in [1.54, 1.807) is 4.90 Å². The lowest BCUT2D eigenvalue weighted by atomic mass is 10.1. The van der Waals surface area contributed by atoms with E-state index < -0.39 is 0 Å². The van der Waals surface area contributed by atoms with Gasteiger partial charge >= 0.3 is 0 Å². The Hall–Kier alpha value is -0.610. The minimum absolute atomic E-state index is 0.105. The summed E-state index contributed by atoms with van der Waals surface area (Å²) in [6.45, 7) is 6.37. The van der Waals surface area contributed by atoms with Gasteiger partial charge in [0.05, 0.1) is 0 Å². The van der Waals surface area contributed by atoms with Gasteiger partial charge in [0.2, 0.25) is 5.91 Å². The summed E-state index contributed by atoms with van der Waals surface area (Å²) in [5, 5.41) is 0. The zero-order chi connectivity index (χ0) is 10.0. The van der Waals surface area contributed by atoms with Crippen molar-refractivity contribution >= 4 is 5.91 Å². The van der Waals surface area contributed by atoms with Gasteiger partial charge in [0.25, 0.3) is 0 Å². The second-order valence-corrected chi connectivity index (χ2v) is 3.64. The van der Waals surface area contributed by atoms with E-state index in [1.807, 2.05) is 7.05 Å². The fourth-order valence-electron chi connectivity index (χ4n) is 1.80.